The number of hydrogen-bond donors (Lipinski definition) is 6. The molecule has 0 saturated carbocycles. The molecule has 3 atom stereocenters. The van der Waals surface area contributed by atoms with Crippen LogP contribution < -0.4 is 22.1 Å². The summed E-state index contributed by atoms with van der Waals surface area (Å²) in [4.78, 5) is 35.3. The average Bonchev–Trinajstić information content (AvgIpc) is 2.49. The number of carboxylic acids is 1. The van der Waals surface area contributed by atoms with Crippen LogP contribution >= 0.6 is 12.6 Å². The Morgan fingerprint density at radius 2 is 1.65 bits per heavy atom. The molecule has 0 rings (SSSR count). The third kappa shape index (κ3) is 8.19. The second-order valence-corrected chi connectivity index (χ2v) is 6.06. The largest absolute Gasteiger partial charge is 0.480 e. The molecular formula is C14H28N4O4S. The molecule has 0 aliphatic heterocycles. The number of thiol groups is 1. The molecule has 0 aliphatic rings. The maximum atomic E-state index is 12.2. The molecule has 0 unspecified atom stereocenters. The van der Waals surface area contributed by atoms with Crippen LogP contribution in [-0.4, -0.2) is 53.3 Å². The van der Waals surface area contributed by atoms with Crippen molar-refractivity contribution in [2.75, 3.05) is 12.3 Å². The van der Waals surface area contributed by atoms with E-state index >= 15 is 0 Å². The van der Waals surface area contributed by atoms with E-state index in [2.05, 4.69) is 23.3 Å². The molecule has 0 heterocycles. The number of aliphatic carboxylic acids is 1. The zero-order chi connectivity index (χ0) is 18.0. The highest BCUT2D eigenvalue weighted by Crippen LogP contribution is 2.05. The minimum absolute atomic E-state index is 0.0456. The van der Waals surface area contributed by atoms with Crippen molar-refractivity contribution in [3.8, 4) is 0 Å². The summed E-state index contributed by atoms with van der Waals surface area (Å²) in [7, 11) is 0. The van der Waals surface area contributed by atoms with Crippen LogP contribution in [0, 0.1) is 5.92 Å². The molecule has 0 bridgehead atoms. The molecule has 0 aromatic rings. The summed E-state index contributed by atoms with van der Waals surface area (Å²) in [5.41, 5.74) is 11.2. The summed E-state index contributed by atoms with van der Waals surface area (Å²) in [5.74, 6) is -2.31. The number of nitrogens with two attached hydrogens (primary N) is 2. The number of amides is 2. The Kier molecular flexibility index (Phi) is 10.6. The van der Waals surface area contributed by atoms with Crippen molar-refractivity contribution in [2.24, 2.45) is 17.4 Å². The molecule has 0 radical (unpaired) electrons. The average molecular weight is 348 g/mol. The highest BCUT2D eigenvalue weighted by atomic mass is 32.1. The van der Waals surface area contributed by atoms with E-state index in [0.717, 1.165) is 0 Å². The molecule has 0 aromatic heterocycles. The molecule has 23 heavy (non-hydrogen) atoms. The Labute approximate surface area is 142 Å². The SMILES string of the molecule is CC(C)[C@H](N)C(=O)N[C@@H](CCCCN)C(=O)N[C@@H](CS)C(=O)O. The van der Waals surface area contributed by atoms with E-state index in [4.69, 9.17) is 16.6 Å². The number of hydrogen-bond acceptors (Lipinski definition) is 6. The normalized spacial score (nSPS) is 14.9. The van der Waals surface area contributed by atoms with Gasteiger partial charge in [-0.2, -0.15) is 12.6 Å². The van der Waals surface area contributed by atoms with Gasteiger partial charge >= 0.3 is 5.97 Å². The predicted octanol–water partition coefficient (Wildman–Crippen LogP) is -0.917. The van der Waals surface area contributed by atoms with Crippen LogP contribution in [0.15, 0.2) is 0 Å². The molecule has 134 valence electrons. The first-order chi connectivity index (χ1) is 10.7. The van der Waals surface area contributed by atoms with Crippen LogP contribution in [0.3, 0.4) is 0 Å². The first-order valence-electron chi connectivity index (χ1n) is 7.64. The second-order valence-electron chi connectivity index (χ2n) is 5.70. The summed E-state index contributed by atoms with van der Waals surface area (Å²) < 4.78 is 0. The first kappa shape index (κ1) is 21.7. The van der Waals surface area contributed by atoms with Crippen LogP contribution in [0.2, 0.25) is 0 Å². The highest BCUT2D eigenvalue weighted by Gasteiger charge is 2.27. The predicted molar refractivity (Wildman–Crippen MR) is 91.1 cm³/mol. The fraction of sp³-hybridized carbons (Fsp3) is 0.786. The van der Waals surface area contributed by atoms with Crippen molar-refractivity contribution in [2.45, 2.75) is 51.2 Å². The van der Waals surface area contributed by atoms with Gasteiger partial charge in [0.1, 0.15) is 12.1 Å². The van der Waals surface area contributed by atoms with Gasteiger partial charge in [-0.05, 0) is 31.7 Å². The molecule has 2 amide bonds. The van der Waals surface area contributed by atoms with Crippen LogP contribution in [0.25, 0.3) is 0 Å². The van der Waals surface area contributed by atoms with Crippen molar-refractivity contribution in [3.63, 3.8) is 0 Å². The number of nitrogens with one attached hydrogen (secondary N) is 2. The lowest BCUT2D eigenvalue weighted by molar-refractivity contribution is -0.141. The highest BCUT2D eigenvalue weighted by molar-refractivity contribution is 7.80. The number of rotatable bonds is 11. The van der Waals surface area contributed by atoms with E-state index in [-0.39, 0.29) is 11.7 Å². The maximum absolute atomic E-state index is 12.2. The van der Waals surface area contributed by atoms with Gasteiger partial charge in [0.2, 0.25) is 11.8 Å². The smallest absolute Gasteiger partial charge is 0.327 e. The quantitative estimate of drug-likeness (QED) is 0.210. The Hall–Kier alpha value is -1.32. The van der Waals surface area contributed by atoms with E-state index in [9.17, 15) is 14.4 Å². The summed E-state index contributed by atoms with van der Waals surface area (Å²) in [6.07, 6.45) is 1.69. The summed E-state index contributed by atoms with van der Waals surface area (Å²) >= 11 is 3.89. The van der Waals surface area contributed by atoms with E-state index in [1.165, 1.54) is 0 Å². The third-order valence-electron chi connectivity index (χ3n) is 3.40. The van der Waals surface area contributed by atoms with Gasteiger partial charge in [0.15, 0.2) is 0 Å². The summed E-state index contributed by atoms with van der Waals surface area (Å²) in [6, 6.07) is -2.70. The lowest BCUT2D eigenvalue weighted by Gasteiger charge is -2.23. The van der Waals surface area contributed by atoms with Gasteiger partial charge in [0, 0.05) is 5.75 Å². The van der Waals surface area contributed by atoms with Gasteiger partial charge in [-0.3, -0.25) is 9.59 Å². The lowest BCUT2D eigenvalue weighted by Crippen LogP contribution is -2.55. The first-order valence-corrected chi connectivity index (χ1v) is 8.27. The second kappa shape index (κ2) is 11.3. The van der Waals surface area contributed by atoms with Crippen molar-refractivity contribution in [1.29, 1.82) is 0 Å². The fourth-order valence-corrected chi connectivity index (χ4v) is 2.04. The summed E-state index contributed by atoms with van der Waals surface area (Å²) in [5, 5.41) is 13.9. The van der Waals surface area contributed by atoms with E-state index in [1.54, 1.807) is 13.8 Å². The molecule has 8 nitrogen and oxygen atoms in total. The number of unbranched alkanes of at least 4 members (excludes halogenated alkanes) is 1. The molecule has 7 N–H and O–H groups in total. The van der Waals surface area contributed by atoms with Gasteiger partial charge in [0.25, 0.3) is 0 Å². The van der Waals surface area contributed by atoms with E-state index < -0.39 is 35.9 Å². The van der Waals surface area contributed by atoms with E-state index in [0.29, 0.717) is 25.8 Å². The Balaban J connectivity index is 4.87. The van der Waals surface area contributed by atoms with Crippen LogP contribution in [0.5, 0.6) is 0 Å². The van der Waals surface area contributed by atoms with Crippen LogP contribution in [0.4, 0.5) is 0 Å². The molecular weight excluding hydrogens is 320 g/mol. The molecule has 0 saturated heterocycles. The zero-order valence-corrected chi connectivity index (χ0v) is 14.5. The van der Waals surface area contributed by atoms with Crippen LogP contribution in [-0.2, 0) is 14.4 Å². The number of carbonyl (C=O) groups is 3. The maximum Gasteiger partial charge on any atom is 0.327 e. The molecule has 0 aliphatic carbocycles. The minimum atomic E-state index is -1.18. The van der Waals surface area contributed by atoms with Gasteiger partial charge < -0.3 is 27.2 Å². The molecule has 0 fully saturated rings. The Bertz CT molecular complexity index is 406. The zero-order valence-electron chi connectivity index (χ0n) is 13.6. The van der Waals surface area contributed by atoms with Gasteiger partial charge in [-0.15, -0.1) is 0 Å². The lowest BCUT2D eigenvalue weighted by atomic mass is 10.0. The topological polar surface area (TPSA) is 148 Å². The molecule has 0 aromatic carbocycles. The Morgan fingerprint density at radius 3 is 2.09 bits per heavy atom. The van der Waals surface area contributed by atoms with Crippen molar-refractivity contribution in [3.05, 3.63) is 0 Å². The van der Waals surface area contributed by atoms with Crippen molar-refractivity contribution < 1.29 is 19.5 Å². The molecule has 0 spiro atoms. The number of carboxylic acid groups (broad SMARTS) is 1. The van der Waals surface area contributed by atoms with Gasteiger partial charge in [-0.25, -0.2) is 4.79 Å². The van der Waals surface area contributed by atoms with Crippen molar-refractivity contribution in [1.82, 2.24) is 10.6 Å². The standard InChI is InChI=1S/C14H28N4O4S/c1-8(2)11(16)13(20)17-9(5-3-4-6-15)12(19)18-10(7-23)14(21)22/h8-11,23H,3-7,15-16H2,1-2H3,(H,17,20)(H,18,19)(H,21,22)/t9-,10-,11-/m0/s1. The number of carbonyl (C=O) groups excluding carboxylic acids is 2. The minimum Gasteiger partial charge on any atom is -0.480 e. The summed E-state index contributed by atoms with van der Waals surface area (Å²) in [6.45, 7) is 4.08. The monoisotopic (exact) mass is 348 g/mol. The van der Waals surface area contributed by atoms with Crippen LogP contribution in [0.1, 0.15) is 33.1 Å². The fourth-order valence-electron chi connectivity index (χ4n) is 1.79. The van der Waals surface area contributed by atoms with E-state index in [1.807, 2.05) is 0 Å². The van der Waals surface area contributed by atoms with Gasteiger partial charge in [0.05, 0.1) is 6.04 Å². The van der Waals surface area contributed by atoms with Gasteiger partial charge in [-0.1, -0.05) is 13.8 Å². The Morgan fingerprint density at radius 1 is 1.09 bits per heavy atom. The third-order valence-corrected chi connectivity index (χ3v) is 3.76. The van der Waals surface area contributed by atoms with Crippen molar-refractivity contribution >= 4 is 30.4 Å². The molecule has 9 heteroatoms.